The summed E-state index contributed by atoms with van der Waals surface area (Å²) in [6, 6.07) is 10.2. The molecule has 4 rings (SSSR count). The highest BCUT2D eigenvalue weighted by atomic mass is 16.2. The van der Waals surface area contributed by atoms with E-state index in [2.05, 4.69) is 27.4 Å². The number of aromatic nitrogens is 2. The summed E-state index contributed by atoms with van der Waals surface area (Å²) in [6.45, 7) is 3.63. The third kappa shape index (κ3) is 2.75. The van der Waals surface area contributed by atoms with Gasteiger partial charge in [-0.25, -0.2) is 4.98 Å². The van der Waals surface area contributed by atoms with E-state index in [1.807, 2.05) is 25.1 Å². The Morgan fingerprint density at radius 3 is 2.54 bits per heavy atom. The summed E-state index contributed by atoms with van der Waals surface area (Å²) in [7, 11) is 0. The van der Waals surface area contributed by atoms with Crippen LogP contribution in [0.25, 0.3) is 0 Å². The summed E-state index contributed by atoms with van der Waals surface area (Å²) in [6.07, 6.45) is 4.47. The van der Waals surface area contributed by atoms with Gasteiger partial charge in [-0.3, -0.25) is 14.6 Å². The van der Waals surface area contributed by atoms with Gasteiger partial charge >= 0.3 is 0 Å². The molecule has 26 heavy (non-hydrogen) atoms. The van der Waals surface area contributed by atoms with Crippen LogP contribution in [0.1, 0.15) is 40.5 Å². The quantitative estimate of drug-likeness (QED) is 0.898. The summed E-state index contributed by atoms with van der Waals surface area (Å²) in [5, 5.41) is 3.05. The predicted molar refractivity (Wildman–Crippen MR) is 96.5 cm³/mol. The molecular weight excluding hydrogens is 328 g/mol. The molecule has 2 fully saturated rings. The highest BCUT2D eigenvalue weighted by molar-refractivity contribution is 5.92. The summed E-state index contributed by atoms with van der Waals surface area (Å²) in [5.41, 5.74) is 1.92. The minimum Gasteiger partial charge on any atom is -0.355 e. The number of rotatable bonds is 2. The first-order valence-electron chi connectivity index (χ1n) is 9.01. The largest absolute Gasteiger partial charge is 0.355 e. The molecule has 1 N–H and O–H groups in total. The minimum atomic E-state index is -0.420. The van der Waals surface area contributed by atoms with Crippen molar-refractivity contribution in [1.29, 1.82) is 0 Å². The van der Waals surface area contributed by atoms with Gasteiger partial charge in [0.25, 0.3) is 5.91 Å². The number of piperidine rings is 1. The van der Waals surface area contributed by atoms with Crippen molar-refractivity contribution < 1.29 is 9.59 Å². The van der Waals surface area contributed by atoms with E-state index in [1.54, 1.807) is 11.1 Å². The van der Waals surface area contributed by atoms with E-state index in [0.29, 0.717) is 38.2 Å². The molecule has 0 radical (unpaired) electrons. The van der Waals surface area contributed by atoms with Crippen molar-refractivity contribution in [2.45, 2.75) is 25.7 Å². The monoisotopic (exact) mass is 350 g/mol. The van der Waals surface area contributed by atoms with Crippen LogP contribution in [0.2, 0.25) is 0 Å². The van der Waals surface area contributed by atoms with E-state index >= 15 is 0 Å². The van der Waals surface area contributed by atoms with E-state index in [-0.39, 0.29) is 17.7 Å². The predicted octanol–water partition coefficient (Wildman–Crippen LogP) is 1.92. The normalized spacial score (nSPS) is 21.7. The Morgan fingerprint density at radius 1 is 1.15 bits per heavy atom. The molecule has 6 heteroatoms. The van der Waals surface area contributed by atoms with Gasteiger partial charge in [0.15, 0.2) is 0 Å². The first-order chi connectivity index (χ1) is 12.6. The van der Waals surface area contributed by atoms with Crippen LogP contribution in [0.5, 0.6) is 0 Å². The van der Waals surface area contributed by atoms with Crippen LogP contribution in [-0.4, -0.2) is 46.3 Å². The summed E-state index contributed by atoms with van der Waals surface area (Å²) in [5.74, 6) is 0.170. The lowest BCUT2D eigenvalue weighted by Gasteiger charge is -2.40. The lowest BCUT2D eigenvalue weighted by Crippen LogP contribution is -2.48. The molecule has 1 atom stereocenters. The lowest BCUT2D eigenvalue weighted by molar-refractivity contribution is -0.130. The second kappa shape index (κ2) is 6.52. The topological polar surface area (TPSA) is 75.2 Å². The zero-order chi connectivity index (χ0) is 18.1. The van der Waals surface area contributed by atoms with Gasteiger partial charge in [0.2, 0.25) is 5.91 Å². The highest BCUT2D eigenvalue weighted by Gasteiger charge is 2.52. The van der Waals surface area contributed by atoms with Gasteiger partial charge < -0.3 is 10.2 Å². The first-order valence-corrected chi connectivity index (χ1v) is 9.01. The van der Waals surface area contributed by atoms with E-state index in [9.17, 15) is 9.59 Å². The maximum absolute atomic E-state index is 12.7. The number of nitrogens with one attached hydrogen (secondary N) is 1. The maximum Gasteiger partial charge on any atom is 0.274 e. The van der Waals surface area contributed by atoms with E-state index in [1.165, 1.54) is 11.8 Å². The van der Waals surface area contributed by atoms with Crippen molar-refractivity contribution in [3.05, 3.63) is 59.7 Å². The number of nitrogens with zero attached hydrogens (tertiary/aromatic N) is 3. The number of likely N-dealkylation sites (tertiary alicyclic amines) is 1. The fourth-order valence-electron chi connectivity index (χ4n) is 4.20. The molecule has 2 amide bonds. The molecular formula is C20H22N4O2. The van der Waals surface area contributed by atoms with Crippen LogP contribution in [0, 0.1) is 12.3 Å². The van der Waals surface area contributed by atoms with Gasteiger partial charge in [0.1, 0.15) is 5.69 Å². The zero-order valence-electron chi connectivity index (χ0n) is 14.8. The zero-order valence-corrected chi connectivity index (χ0v) is 14.8. The van der Waals surface area contributed by atoms with Crippen molar-refractivity contribution in [2.24, 2.45) is 5.41 Å². The molecule has 3 heterocycles. The molecule has 1 spiro atoms. The van der Waals surface area contributed by atoms with Crippen LogP contribution in [0.3, 0.4) is 0 Å². The van der Waals surface area contributed by atoms with Crippen molar-refractivity contribution >= 4 is 11.8 Å². The molecule has 0 aliphatic carbocycles. The summed E-state index contributed by atoms with van der Waals surface area (Å²) < 4.78 is 0. The Labute approximate surface area is 152 Å². The summed E-state index contributed by atoms with van der Waals surface area (Å²) in [4.78, 5) is 35.5. The van der Waals surface area contributed by atoms with Crippen LogP contribution in [0.4, 0.5) is 0 Å². The fraction of sp³-hybridized carbons (Fsp3) is 0.400. The number of carbonyl (C=O) groups is 2. The minimum absolute atomic E-state index is 0.109. The standard InChI is InChI=1S/C20H22N4O2/c1-14-11-22-17(13-21-14)18(25)24-9-7-20(8-10-24)16(12-23-19(20)26)15-5-3-2-4-6-15/h2-6,11,13,16H,7-10,12H2,1H3,(H,23,26)/t16-/m1/s1. The Balaban J connectivity index is 1.52. The number of hydrogen-bond acceptors (Lipinski definition) is 4. The third-order valence-corrected chi connectivity index (χ3v) is 5.73. The Morgan fingerprint density at radius 2 is 1.88 bits per heavy atom. The number of carbonyl (C=O) groups excluding carboxylic acids is 2. The SMILES string of the molecule is Cc1cnc(C(=O)N2CCC3(CC2)C(=O)NC[C@@H]3c2ccccc2)cn1. The molecule has 2 aliphatic heterocycles. The molecule has 2 aliphatic rings. The Hall–Kier alpha value is -2.76. The average Bonchev–Trinajstić information content (AvgIpc) is 2.99. The van der Waals surface area contributed by atoms with Gasteiger partial charge in [0.05, 0.1) is 17.3 Å². The molecule has 134 valence electrons. The van der Waals surface area contributed by atoms with Crippen molar-refractivity contribution in [3.63, 3.8) is 0 Å². The lowest BCUT2D eigenvalue weighted by atomic mass is 9.68. The van der Waals surface area contributed by atoms with Crippen LogP contribution in [-0.2, 0) is 4.79 Å². The van der Waals surface area contributed by atoms with Gasteiger partial charge in [-0.05, 0) is 25.3 Å². The van der Waals surface area contributed by atoms with Crippen molar-refractivity contribution in [3.8, 4) is 0 Å². The Kier molecular flexibility index (Phi) is 4.18. The average molecular weight is 350 g/mol. The van der Waals surface area contributed by atoms with Crippen molar-refractivity contribution in [2.75, 3.05) is 19.6 Å². The van der Waals surface area contributed by atoms with Crippen molar-refractivity contribution in [1.82, 2.24) is 20.2 Å². The number of hydrogen-bond donors (Lipinski definition) is 1. The van der Waals surface area contributed by atoms with Gasteiger partial charge in [-0.1, -0.05) is 30.3 Å². The highest BCUT2D eigenvalue weighted by Crippen LogP contribution is 2.47. The molecule has 1 aromatic heterocycles. The molecule has 0 unspecified atom stereocenters. The van der Waals surface area contributed by atoms with Crippen LogP contribution >= 0.6 is 0 Å². The first kappa shape index (κ1) is 16.7. The fourth-order valence-corrected chi connectivity index (χ4v) is 4.20. The Bertz CT molecular complexity index is 811. The van der Waals surface area contributed by atoms with Gasteiger partial charge in [0, 0.05) is 31.7 Å². The van der Waals surface area contributed by atoms with Crippen LogP contribution < -0.4 is 5.32 Å². The number of aryl methyl sites for hydroxylation is 1. The molecule has 0 saturated carbocycles. The number of benzene rings is 1. The van der Waals surface area contributed by atoms with E-state index in [4.69, 9.17) is 0 Å². The van der Waals surface area contributed by atoms with E-state index < -0.39 is 5.41 Å². The molecule has 2 aromatic rings. The second-order valence-corrected chi connectivity index (χ2v) is 7.16. The smallest absolute Gasteiger partial charge is 0.274 e. The maximum atomic E-state index is 12.7. The summed E-state index contributed by atoms with van der Waals surface area (Å²) >= 11 is 0. The van der Waals surface area contributed by atoms with Crippen LogP contribution in [0.15, 0.2) is 42.7 Å². The number of amides is 2. The third-order valence-electron chi connectivity index (χ3n) is 5.73. The molecule has 1 aromatic carbocycles. The molecule has 2 saturated heterocycles. The molecule has 6 nitrogen and oxygen atoms in total. The molecule has 0 bridgehead atoms. The second-order valence-electron chi connectivity index (χ2n) is 7.16. The van der Waals surface area contributed by atoms with E-state index in [0.717, 1.165) is 5.69 Å². The van der Waals surface area contributed by atoms with Gasteiger partial charge in [-0.2, -0.15) is 0 Å². The van der Waals surface area contributed by atoms with Gasteiger partial charge in [-0.15, -0.1) is 0 Å².